The van der Waals surface area contributed by atoms with Crippen molar-refractivity contribution >= 4 is 23.2 Å². The molecule has 0 fully saturated rings. The number of benzene rings is 1. The third-order valence-electron chi connectivity index (χ3n) is 3.24. The molecule has 0 bridgehead atoms. The first-order valence-corrected chi connectivity index (χ1v) is 7.47. The molecule has 1 unspecified atom stereocenters. The van der Waals surface area contributed by atoms with E-state index in [1.54, 1.807) is 0 Å². The van der Waals surface area contributed by atoms with Crippen LogP contribution in [0.5, 0.6) is 0 Å². The highest BCUT2D eigenvalue weighted by molar-refractivity contribution is 6.42. The number of hydrogen-bond donors (Lipinski definition) is 1. The van der Waals surface area contributed by atoms with Crippen molar-refractivity contribution < 1.29 is 0 Å². The molecular weight excluding hydrogens is 265 g/mol. The minimum Gasteiger partial charge on any atom is -0.314 e. The Bertz CT molecular complexity index is 364. The van der Waals surface area contributed by atoms with Gasteiger partial charge in [-0.3, -0.25) is 0 Å². The summed E-state index contributed by atoms with van der Waals surface area (Å²) in [6, 6.07) is 6.52. The van der Waals surface area contributed by atoms with Crippen molar-refractivity contribution in [3.05, 3.63) is 33.8 Å². The molecular formula is C15H23Cl2N. The van der Waals surface area contributed by atoms with E-state index in [0.717, 1.165) is 13.0 Å². The molecule has 1 atom stereocenters. The zero-order chi connectivity index (χ0) is 13.5. The summed E-state index contributed by atoms with van der Waals surface area (Å²) in [4.78, 5) is 0. The van der Waals surface area contributed by atoms with Crippen molar-refractivity contribution in [2.45, 2.75) is 46.1 Å². The average Bonchev–Trinajstić information content (AvgIpc) is 2.32. The highest BCUT2D eigenvalue weighted by Gasteiger charge is 2.11. The van der Waals surface area contributed by atoms with E-state index in [2.05, 4.69) is 32.2 Å². The minimum absolute atomic E-state index is 0.609. The number of rotatable bonds is 7. The van der Waals surface area contributed by atoms with Gasteiger partial charge in [0.2, 0.25) is 0 Å². The molecule has 0 saturated heterocycles. The van der Waals surface area contributed by atoms with Gasteiger partial charge in [-0.05, 0) is 49.4 Å². The van der Waals surface area contributed by atoms with Gasteiger partial charge < -0.3 is 5.32 Å². The summed E-state index contributed by atoms with van der Waals surface area (Å²) < 4.78 is 0. The number of halogens is 2. The van der Waals surface area contributed by atoms with Crippen molar-refractivity contribution in [3.63, 3.8) is 0 Å². The van der Waals surface area contributed by atoms with Gasteiger partial charge >= 0.3 is 0 Å². The standard InChI is InChI=1S/C15H23Cl2N/c1-4-18-15(11(2)3)7-5-6-12-8-9-13(16)14(17)10-12/h8-11,15,18H,4-7H2,1-3H3. The maximum absolute atomic E-state index is 6.01. The predicted molar refractivity (Wildman–Crippen MR) is 81.7 cm³/mol. The van der Waals surface area contributed by atoms with E-state index in [1.165, 1.54) is 18.4 Å². The molecule has 1 nitrogen and oxygen atoms in total. The number of nitrogens with one attached hydrogen (secondary N) is 1. The smallest absolute Gasteiger partial charge is 0.0595 e. The summed E-state index contributed by atoms with van der Waals surface area (Å²) in [6.07, 6.45) is 3.44. The van der Waals surface area contributed by atoms with Crippen LogP contribution in [0.1, 0.15) is 39.2 Å². The van der Waals surface area contributed by atoms with Crippen LogP contribution >= 0.6 is 23.2 Å². The molecule has 1 N–H and O–H groups in total. The lowest BCUT2D eigenvalue weighted by molar-refractivity contribution is 0.377. The van der Waals surface area contributed by atoms with Crippen LogP contribution in [-0.4, -0.2) is 12.6 Å². The Morgan fingerprint density at radius 1 is 1.17 bits per heavy atom. The van der Waals surface area contributed by atoms with Crippen molar-refractivity contribution in [1.82, 2.24) is 5.32 Å². The average molecular weight is 288 g/mol. The lowest BCUT2D eigenvalue weighted by atomic mass is 9.97. The number of aryl methyl sites for hydroxylation is 1. The highest BCUT2D eigenvalue weighted by Crippen LogP contribution is 2.23. The molecule has 18 heavy (non-hydrogen) atoms. The third kappa shape index (κ3) is 5.17. The fraction of sp³-hybridized carbons (Fsp3) is 0.600. The van der Waals surface area contributed by atoms with Crippen LogP contribution in [0.15, 0.2) is 18.2 Å². The zero-order valence-corrected chi connectivity index (χ0v) is 13.0. The van der Waals surface area contributed by atoms with Gasteiger partial charge in [-0.2, -0.15) is 0 Å². The first kappa shape index (κ1) is 15.8. The van der Waals surface area contributed by atoms with Crippen LogP contribution in [-0.2, 0) is 6.42 Å². The molecule has 0 aliphatic carbocycles. The Hall–Kier alpha value is -0.240. The molecule has 0 saturated carbocycles. The molecule has 0 aliphatic heterocycles. The van der Waals surface area contributed by atoms with Gasteiger partial charge in [0.15, 0.2) is 0 Å². The quantitative estimate of drug-likeness (QED) is 0.748. The van der Waals surface area contributed by atoms with E-state index in [-0.39, 0.29) is 0 Å². The maximum atomic E-state index is 6.01. The SMILES string of the molecule is CCNC(CCCc1ccc(Cl)c(Cl)c1)C(C)C. The van der Waals surface area contributed by atoms with Crippen LogP contribution in [0, 0.1) is 5.92 Å². The van der Waals surface area contributed by atoms with Gasteiger partial charge in [0.05, 0.1) is 10.0 Å². The van der Waals surface area contributed by atoms with Crippen LogP contribution < -0.4 is 5.32 Å². The van der Waals surface area contributed by atoms with E-state index in [9.17, 15) is 0 Å². The molecule has 0 spiro atoms. The van der Waals surface area contributed by atoms with Crippen molar-refractivity contribution in [2.75, 3.05) is 6.54 Å². The van der Waals surface area contributed by atoms with Crippen molar-refractivity contribution in [3.8, 4) is 0 Å². The first-order valence-electron chi connectivity index (χ1n) is 6.72. The molecule has 0 amide bonds. The van der Waals surface area contributed by atoms with Crippen LogP contribution in [0.25, 0.3) is 0 Å². The molecule has 1 aromatic rings. The molecule has 0 heterocycles. The summed E-state index contributed by atoms with van der Waals surface area (Å²) >= 11 is 11.9. The van der Waals surface area contributed by atoms with E-state index in [0.29, 0.717) is 22.0 Å². The Kier molecular flexibility index (Phi) is 7.06. The Morgan fingerprint density at radius 3 is 2.44 bits per heavy atom. The van der Waals surface area contributed by atoms with Gasteiger partial charge in [0.1, 0.15) is 0 Å². The van der Waals surface area contributed by atoms with E-state index < -0.39 is 0 Å². The lowest BCUT2D eigenvalue weighted by Gasteiger charge is -2.21. The molecule has 0 radical (unpaired) electrons. The molecule has 0 aromatic heterocycles. The van der Waals surface area contributed by atoms with Gasteiger partial charge in [0.25, 0.3) is 0 Å². The monoisotopic (exact) mass is 287 g/mol. The van der Waals surface area contributed by atoms with Crippen LogP contribution in [0.4, 0.5) is 0 Å². The van der Waals surface area contributed by atoms with Crippen molar-refractivity contribution in [1.29, 1.82) is 0 Å². The largest absolute Gasteiger partial charge is 0.314 e. The van der Waals surface area contributed by atoms with Crippen molar-refractivity contribution in [2.24, 2.45) is 5.92 Å². The number of hydrogen-bond acceptors (Lipinski definition) is 1. The van der Waals surface area contributed by atoms with Crippen LogP contribution in [0.2, 0.25) is 10.0 Å². The second-order valence-electron chi connectivity index (χ2n) is 5.05. The normalized spacial score (nSPS) is 13.0. The molecule has 1 aromatic carbocycles. The molecule has 0 aliphatic rings. The van der Waals surface area contributed by atoms with Gasteiger partial charge in [-0.25, -0.2) is 0 Å². The topological polar surface area (TPSA) is 12.0 Å². The summed E-state index contributed by atoms with van der Waals surface area (Å²) in [5, 5.41) is 4.83. The summed E-state index contributed by atoms with van der Waals surface area (Å²) in [6.45, 7) is 7.74. The maximum Gasteiger partial charge on any atom is 0.0595 e. The summed E-state index contributed by atoms with van der Waals surface area (Å²) in [5.41, 5.74) is 1.27. The zero-order valence-electron chi connectivity index (χ0n) is 11.5. The highest BCUT2D eigenvalue weighted by atomic mass is 35.5. The fourth-order valence-electron chi connectivity index (χ4n) is 2.15. The van der Waals surface area contributed by atoms with E-state index >= 15 is 0 Å². The third-order valence-corrected chi connectivity index (χ3v) is 3.97. The predicted octanol–water partition coefficient (Wildman–Crippen LogP) is 4.95. The molecule has 102 valence electrons. The minimum atomic E-state index is 0.609. The van der Waals surface area contributed by atoms with E-state index in [1.807, 2.05) is 12.1 Å². The fourth-order valence-corrected chi connectivity index (χ4v) is 2.48. The Balaban J connectivity index is 2.42. The molecule has 1 rings (SSSR count). The second-order valence-corrected chi connectivity index (χ2v) is 5.86. The Morgan fingerprint density at radius 2 is 1.89 bits per heavy atom. The summed E-state index contributed by atoms with van der Waals surface area (Å²) in [5.74, 6) is 0.679. The first-order chi connectivity index (χ1) is 8.54. The molecule has 3 heteroatoms. The second kappa shape index (κ2) is 8.04. The van der Waals surface area contributed by atoms with Crippen LogP contribution in [0.3, 0.4) is 0 Å². The lowest BCUT2D eigenvalue weighted by Crippen LogP contribution is -2.33. The Labute approximate surface area is 121 Å². The van der Waals surface area contributed by atoms with Gasteiger partial charge in [-0.15, -0.1) is 0 Å². The summed E-state index contributed by atoms with van der Waals surface area (Å²) in [7, 11) is 0. The van der Waals surface area contributed by atoms with Gasteiger partial charge in [-0.1, -0.05) is 50.0 Å². The van der Waals surface area contributed by atoms with E-state index in [4.69, 9.17) is 23.2 Å². The van der Waals surface area contributed by atoms with Gasteiger partial charge in [0, 0.05) is 6.04 Å².